The van der Waals surface area contributed by atoms with E-state index >= 15 is 0 Å². The number of para-hydroxylation sites is 1. The van der Waals surface area contributed by atoms with Crippen LogP contribution in [0.1, 0.15) is 13.3 Å². The largest absolute Gasteiger partial charge is 0.466 e. The lowest BCUT2D eigenvalue weighted by Crippen LogP contribution is -1.88. The molecule has 0 saturated heterocycles. The molecule has 2 heterocycles. The predicted molar refractivity (Wildman–Crippen MR) is 71.4 cm³/mol. The van der Waals surface area contributed by atoms with Crippen LogP contribution < -0.4 is 0 Å². The van der Waals surface area contributed by atoms with E-state index in [1.54, 1.807) is 6.26 Å². The summed E-state index contributed by atoms with van der Waals surface area (Å²) in [5.41, 5.74) is 1.06. The Morgan fingerprint density at radius 3 is 2.56 bits per heavy atom. The lowest BCUT2D eigenvalue weighted by Gasteiger charge is -2.05. The van der Waals surface area contributed by atoms with Gasteiger partial charge in [-0.15, -0.1) is 0 Å². The van der Waals surface area contributed by atoms with Gasteiger partial charge in [-0.1, -0.05) is 31.2 Å². The van der Waals surface area contributed by atoms with Crippen LogP contribution in [-0.2, 0) is 9.47 Å². The van der Waals surface area contributed by atoms with E-state index in [0.717, 1.165) is 17.7 Å². The molecule has 3 heteroatoms. The zero-order valence-electron chi connectivity index (χ0n) is 10.2. The molecular weight excluding hydrogens is 226 g/mol. The summed E-state index contributed by atoms with van der Waals surface area (Å²) in [4.78, 5) is 4.18. The Morgan fingerprint density at radius 2 is 1.89 bits per heavy atom. The first kappa shape index (κ1) is 12.2. The number of pyridine rings is 1. The summed E-state index contributed by atoms with van der Waals surface area (Å²) in [6.45, 7) is 2.01. The van der Waals surface area contributed by atoms with Crippen molar-refractivity contribution in [2.75, 3.05) is 0 Å². The average Bonchev–Trinajstić information content (AvgIpc) is 2.49. The van der Waals surface area contributed by atoms with E-state index in [4.69, 9.17) is 9.47 Å². The third-order valence-corrected chi connectivity index (χ3v) is 2.41. The Kier molecular flexibility index (Phi) is 4.36. The van der Waals surface area contributed by atoms with Crippen LogP contribution in [0.3, 0.4) is 0 Å². The summed E-state index contributed by atoms with van der Waals surface area (Å²) in [5.74, 6) is 0.868. The van der Waals surface area contributed by atoms with Crippen molar-refractivity contribution in [2.45, 2.75) is 13.3 Å². The molecule has 0 fully saturated rings. The van der Waals surface area contributed by atoms with Crippen LogP contribution in [0.4, 0.5) is 0 Å². The maximum atomic E-state index is 4.98. The monoisotopic (exact) mass is 241 g/mol. The molecular formula is C15H15NO2. The summed E-state index contributed by atoms with van der Waals surface area (Å²) >= 11 is 0. The van der Waals surface area contributed by atoms with Crippen LogP contribution in [0.2, 0.25) is 0 Å². The summed E-state index contributed by atoms with van der Waals surface area (Å²) in [6, 6.07) is 12.1. The quantitative estimate of drug-likeness (QED) is 0.756. The number of fused-ring (bicyclic) bond motifs is 1. The van der Waals surface area contributed by atoms with Crippen molar-refractivity contribution in [1.29, 1.82) is 0 Å². The van der Waals surface area contributed by atoms with E-state index < -0.39 is 0 Å². The number of hydrogen-bond donors (Lipinski definition) is 0. The topological polar surface area (TPSA) is 31.4 Å². The van der Waals surface area contributed by atoms with Crippen molar-refractivity contribution in [1.82, 2.24) is 4.98 Å². The normalized spacial score (nSPS) is 12.8. The molecule has 18 heavy (non-hydrogen) atoms. The van der Waals surface area contributed by atoms with Crippen molar-refractivity contribution >= 4 is 10.9 Å². The molecule has 0 unspecified atom stereocenters. The molecule has 0 amide bonds. The number of aromatic nitrogens is 1. The number of rotatable bonds is 1. The number of nitrogens with zero attached hydrogens (tertiary/aromatic N) is 1. The van der Waals surface area contributed by atoms with Gasteiger partial charge in [0.1, 0.15) is 24.5 Å². The SMILES string of the molecule is CCC1=COC=CO1.c1ccc2ncccc2c1. The Bertz CT molecular complexity index is 496. The van der Waals surface area contributed by atoms with E-state index in [9.17, 15) is 0 Å². The minimum atomic E-state index is 0.868. The molecule has 1 aliphatic heterocycles. The van der Waals surface area contributed by atoms with Gasteiger partial charge in [0.15, 0.2) is 0 Å². The minimum absolute atomic E-state index is 0.868. The highest BCUT2D eigenvalue weighted by Gasteiger charge is 1.94. The summed E-state index contributed by atoms with van der Waals surface area (Å²) in [5, 5.41) is 1.20. The van der Waals surface area contributed by atoms with Crippen molar-refractivity contribution in [3.05, 3.63) is 67.1 Å². The lowest BCUT2D eigenvalue weighted by atomic mass is 10.2. The summed E-state index contributed by atoms with van der Waals surface area (Å²) in [6.07, 6.45) is 7.31. The van der Waals surface area contributed by atoms with Gasteiger partial charge >= 0.3 is 0 Å². The highest BCUT2D eigenvalue weighted by molar-refractivity contribution is 5.77. The minimum Gasteiger partial charge on any atom is -0.466 e. The number of allylic oxidation sites excluding steroid dienone is 1. The van der Waals surface area contributed by atoms with E-state index in [2.05, 4.69) is 17.1 Å². The van der Waals surface area contributed by atoms with Crippen molar-refractivity contribution < 1.29 is 9.47 Å². The van der Waals surface area contributed by atoms with Crippen molar-refractivity contribution in [2.24, 2.45) is 0 Å². The van der Waals surface area contributed by atoms with E-state index in [-0.39, 0.29) is 0 Å². The van der Waals surface area contributed by atoms with Crippen LogP contribution in [0.25, 0.3) is 10.9 Å². The van der Waals surface area contributed by atoms with Gasteiger partial charge in [-0.2, -0.15) is 0 Å². The predicted octanol–water partition coefficient (Wildman–Crippen LogP) is 3.99. The fraction of sp³-hybridized carbons (Fsp3) is 0.133. The average molecular weight is 241 g/mol. The zero-order chi connectivity index (χ0) is 12.6. The molecule has 3 nitrogen and oxygen atoms in total. The highest BCUT2D eigenvalue weighted by atomic mass is 16.5. The van der Waals surface area contributed by atoms with Crippen LogP contribution >= 0.6 is 0 Å². The molecule has 0 radical (unpaired) electrons. The molecule has 1 aromatic carbocycles. The fourth-order valence-corrected chi connectivity index (χ4v) is 1.47. The second-order valence-electron chi connectivity index (χ2n) is 3.66. The molecule has 3 rings (SSSR count). The van der Waals surface area contributed by atoms with Gasteiger partial charge in [0.25, 0.3) is 0 Å². The smallest absolute Gasteiger partial charge is 0.138 e. The van der Waals surface area contributed by atoms with Gasteiger partial charge in [-0.05, 0) is 12.1 Å². The number of benzene rings is 1. The summed E-state index contributed by atoms with van der Waals surface area (Å²) in [7, 11) is 0. The van der Waals surface area contributed by atoms with Gasteiger partial charge in [0, 0.05) is 18.0 Å². The molecule has 0 bridgehead atoms. The third-order valence-electron chi connectivity index (χ3n) is 2.41. The Hall–Kier alpha value is -2.29. The summed E-state index contributed by atoms with van der Waals surface area (Å²) < 4.78 is 9.79. The van der Waals surface area contributed by atoms with E-state index in [1.807, 2.05) is 37.4 Å². The van der Waals surface area contributed by atoms with Crippen molar-refractivity contribution in [3.8, 4) is 0 Å². The second kappa shape index (κ2) is 6.45. The molecule has 0 aliphatic carbocycles. The zero-order valence-corrected chi connectivity index (χ0v) is 10.2. The van der Waals surface area contributed by atoms with E-state index in [0.29, 0.717) is 0 Å². The van der Waals surface area contributed by atoms with Gasteiger partial charge in [-0.25, -0.2) is 0 Å². The number of hydrogen-bond acceptors (Lipinski definition) is 3. The molecule has 1 aliphatic rings. The molecule has 0 saturated carbocycles. The van der Waals surface area contributed by atoms with Crippen LogP contribution in [0.15, 0.2) is 67.1 Å². The van der Waals surface area contributed by atoms with Crippen LogP contribution in [0, 0.1) is 0 Å². The molecule has 92 valence electrons. The first-order chi connectivity index (χ1) is 8.90. The van der Waals surface area contributed by atoms with Gasteiger partial charge in [0.2, 0.25) is 0 Å². The lowest BCUT2D eigenvalue weighted by molar-refractivity contribution is 0.249. The molecule has 2 aromatic rings. The fourth-order valence-electron chi connectivity index (χ4n) is 1.47. The third kappa shape index (κ3) is 3.35. The highest BCUT2D eigenvalue weighted by Crippen LogP contribution is 2.08. The van der Waals surface area contributed by atoms with Gasteiger partial charge in [-0.3, -0.25) is 4.98 Å². The Balaban J connectivity index is 0.000000138. The molecule has 0 N–H and O–H groups in total. The first-order valence-corrected chi connectivity index (χ1v) is 5.86. The van der Waals surface area contributed by atoms with Crippen LogP contribution in [-0.4, -0.2) is 4.98 Å². The Labute approximate surface area is 106 Å². The van der Waals surface area contributed by atoms with E-state index in [1.165, 1.54) is 17.9 Å². The molecule has 0 atom stereocenters. The first-order valence-electron chi connectivity index (χ1n) is 5.86. The van der Waals surface area contributed by atoms with Crippen LogP contribution in [0.5, 0.6) is 0 Å². The maximum absolute atomic E-state index is 4.98. The maximum Gasteiger partial charge on any atom is 0.138 e. The van der Waals surface area contributed by atoms with Gasteiger partial charge in [0.05, 0.1) is 5.52 Å². The molecule has 1 aromatic heterocycles. The molecule has 0 spiro atoms. The Morgan fingerprint density at radius 1 is 1.06 bits per heavy atom. The van der Waals surface area contributed by atoms with Gasteiger partial charge < -0.3 is 9.47 Å². The van der Waals surface area contributed by atoms with Crippen molar-refractivity contribution in [3.63, 3.8) is 0 Å². The standard InChI is InChI=1S/C9H7N.C6H8O2/c1-2-6-9-8(4-1)5-3-7-10-9;1-2-6-5-7-3-4-8-6/h1-7H;3-5H,2H2,1H3. The number of ether oxygens (including phenoxy) is 2. The second-order valence-corrected chi connectivity index (χ2v) is 3.66.